The standard InChI is InChI=1S/C11H12N2OS2/c1-6-10(14-13-11(6)12)9-4-7-5-15-3-2-8(7)16-9/h4H,2-3,5H2,1H3,(H2,12,13). The number of rotatable bonds is 1. The van der Waals surface area contributed by atoms with Crippen molar-refractivity contribution in [3.05, 3.63) is 22.1 Å². The number of nitrogens with zero attached hydrogens (tertiary/aromatic N) is 1. The summed E-state index contributed by atoms with van der Waals surface area (Å²) >= 11 is 3.80. The minimum Gasteiger partial charge on any atom is -0.381 e. The Balaban J connectivity index is 2.07. The number of hydrogen-bond donors (Lipinski definition) is 1. The van der Waals surface area contributed by atoms with Gasteiger partial charge in [-0.2, -0.15) is 11.8 Å². The molecule has 2 aromatic rings. The van der Waals surface area contributed by atoms with E-state index in [9.17, 15) is 0 Å². The van der Waals surface area contributed by atoms with E-state index in [1.807, 2.05) is 30.0 Å². The molecule has 3 heterocycles. The number of nitrogen functional groups attached to an aromatic ring is 1. The maximum absolute atomic E-state index is 5.70. The number of aromatic nitrogens is 1. The second-order valence-corrected chi connectivity index (χ2v) is 6.13. The zero-order valence-corrected chi connectivity index (χ0v) is 10.6. The van der Waals surface area contributed by atoms with Gasteiger partial charge in [0, 0.05) is 16.2 Å². The van der Waals surface area contributed by atoms with E-state index in [1.54, 1.807) is 0 Å². The molecule has 3 rings (SSSR count). The van der Waals surface area contributed by atoms with Crippen LogP contribution in [0.25, 0.3) is 10.6 Å². The predicted molar refractivity (Wildman–Crippen MR) is 68.8 cm³/mol. The summed E-state index contributed by atoms with van der Waals surface area (Å²) in [6.07, 6.45) is 1.17. The summed E-state index contributed by atoms with van der Waals surface area (Å²) in [5, 5.41) is 3.80. The van der Waals surface area contributed by atoms with E-state index in [-0.39, 0.29) is 0 Å². The SMILES string of the molecule is Cc1c(N)noc1-c1cc2c(s1)CCSC2. The molecule has 0 bridgehead atoms. The van der Waals surface area contributed by atoms with Crippen LogP contribution in [0.1, 0.15) is 16.0 Å². The zero-order valence-electron chi connectivity index (χ0n) is 8.95. The summed E-state index contributed by atoms with van der Waals surface area (Å²) in [6, 6.07) is 2.22. The summed E-state index contributed by atoms with van der Waals surface area (Å²) in [7, 11) is 0. The average molecular weight is 252 g/mol. The second kappa shape index (κ2) is 3.82. The number of aryl methyl sites for hydroxylation is 1. The fourth-order valence-electron chi connectivity index (χ4n) is 1.84. The van der Waals surface area contributed by atoms with Crippen LogP contribution >= 0.6 is 23.1 Å². The maximum Gasteiger partial charge on any atom is 0.181 e. The van der Waals surface area contributed by atoms with Crippen LogP contribution in [0.4, 0.5) is 5.82 Å². The number of fused-ring (bicyclic) bond motifs is 1. The molecule has 0 radical (unpaired) electrons. The van der Waals surface area contributed by atoms with E-state index >= 15 is 0 Å². The fraction of sp³-hybridized carbons (Fsp3) is 0.364. The van der Waals surface area contributed by atoms with Crippen molar-refractivity contribution in [2.24, 2.45) is 0 Å². The van der Waals surface area contributed by atoms with E-state index in [0.29, 0.717) is 5.82 Å². The molecule has 0 unspecified atom stereocenters. The first-order valence-electron chi connectivity index (χ1n) is 5.17. The Bertz CT molecular complexity index is 507. The molecule has 84 valence electrons. The molecule has 2 N–H and O–H groups in total. The summed E-state index contributed by atoms with van der Waals surface area (Å²) in [6.45, 7) is 1.95. The Morgan fingerprint density at radius 1 is 1.50 bits per heavy atom. The predicted octanol–water partition coefficient (Wildman–Crippen LogP) is 3.08. The molecule has 0 aromatic carbocycles. The molecule has 0 amide bonds. The average Bonchev–Trinajstić information content (AvgIpc) is 2.84. The van der Waals surface area contributed by atoms with Crippen molar-refractivity contribution in [2.75, 3.05) is 11.5 Å². The third-order valence-electron chi connectivity index (χ3n) is 2.81. The molecular formula is C11H12N2OS2. The molecule has 0 atom stereocenters. The van der Waals surface area contributed by atoms with Gasteiger partial charge in [0.1, 0.15) is 0 Å². The van der Waals surface area contributed by atoms with Gasteiger partial charge in [-0.05, 0) is 30.7 Å². The minimum absolute atomic E-state index is 0.496. The van der Waals surface area contributed by atoms with E-state index in [0.717, 1.165) is 22.0 Å². The summed E-state index contributed by atoms with van der Waals surface area (Å²) in [5.74, 6) is 3.68. The van der Waals surface area contributed by atoms with Crippen LogP contribution in [-0.4, -0.2) is 10.9 Å². The van der Waals surface area contributed by atoms with E-state index in [1.165, 1.54) is 22.6 Å². The molecule has 1 aliphatic heterocycles. The first-order valence-corrected chi connectivity index (χ1v) is 7.14. The van der Waals surface area contributed by atoms with Crippen LogP contribution in [0, 0.1) is 6.92 Å². The summed E-state index contributed by atoms with van der Waals surface area (Å²) < 4.78 is 5.29. The van der Waals surface area contributed by atoms with E-state index in [2.05, 4.69) is 11.2 Å². The van der Waals surface area contributed by atoms with Crippen LogP contribution in [0.15, 0.2) is 10.6 Å². The van der Waals surface area contributed by atoms with Crippen molar-refractivity contribution < 1.29 is 4.52 Å². The highest BCUT2D eigenvalue weighted by molar-refractivity contribution is 7.98. The normalized spacial score (nSPS) is 15.1. The van der Waals surface area contributed by atoms with Crippen molar-refractivity contribution in [1.82, 2.24) is 5.16 Å². The number of nitrogens with two attached hydrogens (primary N) is 1. The molecule has 5 heteroatoms. The molecule has 0 saturated carbocycles. The third-order valence-corrected chi connectivity index (χ3v) is 5.06. The largest absolute Gasteiger partial charge is 0.381 e. The summed E-state index contributed by atoms with van der Waals surface area (Å²) in [4.78, 5) is 2.65. The first-order chi connectivity index (χ1) is 7.75. The van der Waals surface area contributed by atoms with Gasteiger partial charge < -0.3 is 10.3 Å². The lowest BCUT2D eigenvalue weighted by Crippen LogP contribution is -1.96. The monoisotopic (exact) mass is 252 g/mol. The highest BCUT2D eigenvalue weighted by Gasteiger charge is 2.18. The zero-order chi connectivity index (χ0) is 11.1. The molecule has 16 heavy (non-hydrogen) atoms. The number of thiophene rings is 1. The van der Waals surface area contributed by atoms with Crippen molar-refractivity contribution in [3.8, 4) is 10.6 Å². The van der Waals surface area contributed by atoms with Crippen LogP contribution in [-0.2, 0) is 12.2 Å². The number of hydrogen-bond acceptors (Lipinski definition) is 5. The van der Waals surface area contributed by atoms with Gasteiger partial charge in [-0.25, -0.2) is 0 Å². The molecular weight excluding hydrogens is 240 g/mol. The topological polar surface area (TPSA) is 52.0 Å². The Morgan fingerprint density at radius 3 is 3.06 bits per heavy atom. The quantitative estimate of drug-likeness (QED) is 0.847. The van der Waals surface area contributed by atoms with E-state index < -0.39 is 0 Å². The molecule has 0 aliphatic carbocycles. The second-order valence-electron chi connectivity index (χ2n) is 3.88. The maximum atomic E-state index is 5.70. The number of anilines is 1. The van der Waals surface area contributed by atoms with Gasteiger partial charge in [-0.1, -0.05) is 5.16 Å². The van der Waals surface area contributed by atoms with Crippen LogP contribution in [0.3, 0.4) is 0 Å². The Morgan fingerprint density at radius 2 is 2.38 bits per heavy atom. The van der Waals surface area contributed by atoms with Crippen molar-refractivity contribution in [3.63, 3.8) is 0 Å². The molecule has 3 nitrogen and oxygen atoms in total. The fourth-order valence-corrected chi connectivity index (χ4v) is 4.24. The van der Waals surface area contributed by atoms with E-state index in [4.69, 9.17) is 10.3 Å². The Hall–Kier alpha value is -0.940. The van der Waals surface area contributed by atoms with Gasteiger partial charge in [0.2, 0.25) is 0 Å². The molecule has 0 fully saturated rings. The lowest BCUT2D eigenvalue weighted by molar-refractivity contribution is 0.436. The third kappa shape index (κ3) is 1.55. The van der Waals surface area contributed by atoms with Gasteiger partial charge in [-0.15, -0.1) is 11.3 Å². The number of thioether (sulfide) groups is 1. The van der Waals surface area contributed by atoms with Gasteiger partial charge in [0.25, 0.3) is 0 Å². The molecule has 2 aromatic heterocycles. The lowest BCUT2D eigenvalue weighted by atomic mass is 10.2. The molecule has 0 saturated heterocycles. The summed E-state index contributed by atoms with van der Waals surface area (Å²) in [5.41, 5.74) is 8.10. The van der Waals surface area contributed by atoms with Gasteiger partial charge >= 0.3 is 0 Å². The minimum atomic E-state index is 0.496. The highest BCUT2D eigenvalue weighted by Crippen LogP contribution is 2.38. The highest BCUT2D eigenvalue weighted by atomic mass is 32.2. The van der Waals surface area contributed by atoms with Gasteiger partial charge in [-0.3, -0.25) is 0 Å². The van der Waals surface area contributed by atoms with Crippen molar-refractivity contribution in [2.45, 2.75) is 19.1 Å². The van der Waals surface area contributed by atoms with Crippen LogP contribution in [0.5, 0.6) is 0 Å². The van der Waals surface area contributed by atoms with Crippen LogP contribution in [0.2, 0.25) is 0 Å². The van der Waals surface area contributed by atoms with Crippen molar-refractivity contribution >= 4 is 28.9 Å². The smallest absolute Gasteiger partial charge is 0.181 e. The van der Waals surface area contributed by atoms with Crippen LogP contribution < -0.4 is 5.73 Å². The first kappa shape index (κ1) is 10.2. The van der Waals surface area contributed by atoms with Gasteiger partial charge in [0.05, 0.1) is 4.88 Å². The Labute approximate surface area is 102 Å². The van der Waals surface area contributed by atoms with Crippen molar-refractivity contribution in [1.29, 1.82) is 0 Å². The van der Waals surface area contributed by atoms with Gasteiger partial charge in [0.15, 0.2) is 11.6 Å². The lowest BCUT2D eigenvalue weighted by Gasteiger charge is -2.08. The molecule has 1 aliphatic rings. The molecule has 0 spiro atoms. The Kier molecular flexibility index (Phi) is 2.44.